The fraction of sp³-hybridized carbons (Fsp3) is 0.667. The molecule has 0 spiro atoms. The number of halogens is 1. The van der Waals surface area contributed by atoms with Gasteiger partial charge in [0.2, 0.25) is 26.2 Å². The molecule has 1 atom stereocenters. The Bertz CT molecular complexity index is 546. The molecule has 4 N–H and O–H groups in total. The van der Waals surface area contributed by atoms with Gasteiger partial charge in [-0.2, -0.15) is 0 Å². The number of nitrogens with zero attached hydrogens (tertiary/aromatic N) is 2. The Morgan fingerprint density at radius 3 is 2.40 bits per heavy atom. The average molecular weight is 344 g/mol. The van der Waals surface area contributed by atoms with Crippen LogP contribution in [-0.4, -0.2) is 36.8 Å². The minimum atomic E-state index is -3.40. The van der Waals surface area contributed by atoms with E-state index >= 15 is 0 Å². The van der Waals surface area contributed by atoms with Crippen molar-refractivity contribution >= 4 is 49.9 Å². The van der Waals surface area contributed by atoms with Gasteiger partial charge in [0.1, 0.15) is 0 Å². The Kier molecular flexibility index (Phi) is 7.34. The quantitative estimate of drug-likeness (QED) is 0.695. The SMILES string of the molecule is CC(C)C[C@H](N)C(=O)Nc1nnc(NS(C)(=O)=O)s1.Cl. The van der Waals surface area contributed by atoms with Gasteiger partial charge in [-0.1, -0.05) is 25.2 Å². The van der Waals surface area contributed by atoms with Gasteiger partial charge in [-0.25, -0.2) is 8.42 Å². The van der Waals surface area contributed by atoms with Crippen LogP contribution in [0, 0.1) is 5.92 Å². The van der Waals surface area contributed by atoms with E-state index in [1.165, 1.54) is 0 Å². The smallest absolute Gasteiger partial charge is 0.243 e. The molecular formula is C9H18ClN5O3S2. The third-order valence-electron chi connectivity index (χ3n) is 1.99. The molecule has 0 unspecified atom stereocenters. The summed E-state index contributed by atoms with van der Waals surface area (Å²) in [6, 6.07) is -0.629. The lowest BCUT2D eigenvalue weighted by Gasteiger charge is -2.12. The molecule has 116 valence electrons. The lowest BCUT2D eigenvalue weighted by Crippen LogP contribution is -2.36. The first-order chi connectivity index (χ1) is 8.67. The Labute approximate surface area is 128 Å². The first-order valence-corrected chi connectivity index (χ1v) is 8.26. The van der Waals surface area contributed by atoms with Crippen LogP contribution in [0.15, 0.2) is 0 Å². The van der Waals surface area contributed by atoms with Crippen molar-refractivity contribution < 1.29 is 13.2 Å². The van der Waals surface area contributed by atoms with E-state index in [4.69, 9.17) is 5.73 Å². The van der Waals surface area contributed by atoms with Crippen LogP contribution in [0.25, 0.3) is 0 Å². The summed E-state index contributed by atoms with van der Waals surface area (Å²) in [7, 11) is -3.40. The molecular weight excluding hydrogens is 326 g/mol. The fourth-order valence-corrected chi connectivity index (χ4v) is 2.76. The summed E-state index contributed by atoms with van der Waals surface area (Å²) in [6.45, 7) is 3.93. The van der Waals surface area contributed by atoms with E-state index in [1.54, 1.807) is 0 Å². The van der Waals surface area contributed by atoms with Gasteiger partial charge in [0.15, 0.2) is 0 Å². The number of nitrogens with one attached hydrogen (secondary N) is 2. The number of sulfonamides is 1. The maximum absolute atomic E-state index is 11.7. The predicted molar refractivity (Wildman–Crippen MR) is 81.7 cm³/mol. The molecule has 0 saturated carbocycles. The number of rotatable bonds is 6. The summed E-state index contributed by atoms with van der Waals surface area (Å²) in [5.41, 5.74) is 5.71. The van der Waals surface area contributed by atoms with Crippen LogP contribution in [0.3, 0.4) is 0 Å². The molecule has 1 heterocycles. The Morgan fingerprint density at radius 1 is 1.35 bits per heavy atom. The molecule has 0 aliphatic rings. The van der Waals surface area contributed by atoms with Crippen LogP contribution < -0.4 is 15.8 Å². The highest BCUT2D eigenvalue weighted by molar-refractivity contribution is 7.92. The fourth-order valence-electron chi connectivity index (χ4n) is 1.29. The second-order valence-corrected chi connectivity index (χ2v) is 7.24. The molecule has 0 fully saturated rings. The minimum absolute atomic E-state index is 0. The summed E-state index contributed by atoms with van der Waals surface area (Å²) < 4.78 is 24.1. The number of nitrogens with two attached hydrogens (primary N) is 1. The van der Waals surface area contributed by atoms with Gasteiger partial charge in [-0.15, -0.1) is 22.6 Å². The Hall–Kier alpha value is -0.970. The van der Waals surface area contributed by atoms with E-state index in [9.17, 15) is 13.2 Å². The third-order valence-corrected chi connectivity index (χ3v) is 3.44. The number of carbonyl (C=O) groups excluding carboxylic acids is 1. The number of aromatic nitrogens is 2. The lowest BCUT2D eigenvalue weighted by atomic mass is 10.0. The van der Waals surface area contributed by atoms with Crippen LogP contribution in [0.4, 0.5) is 10.3 Å². The Morgan fingerprint density at radius 2 is 1.90 bits per heavy atom. The lowest BCUT2D eigenvalue weighted by molar-refractivity contribution is -0.117. The van der Waals surface area contributed by atoms with Gasteiger partial charge >= 0.3 is 0 Å². The van der Waals surface area contributed by atoms with Crippen LogP contribution >= 0.6 is 23.7 Å². The number of anilines is 2. The summed E-state index contributed by atoms with van der Waals surface area (Å²) in [5.74, 6) is -0.0617. The molecule has 1 aromatic rings. The first kappa shape index (κ1) is 19.0. The molecule has 1 aromatic heterocycles. The zero-order valence-electron chi connectivity index (χ0n) is 11.3. The molecule has 0 aliphatic heterocycles. The monoisotopic (exact) mass is 343 g/mol. The standard InChI is InChI=1S/C9H17N5O3S2.ClH/c1-5(2)4-6(10)7(15)11-8-12-13-9(18-8)14-19(3,16)17;/h5-6H,4,10H2,1-3H3,(H,13,14)(H,11,12,15);1H/t6-;/m0./s1. The average Bonchev–Trinajstić information content (AvgIpc) is 2.61. The molecule has 1 amide bonds. The van der Waals surface area contributed by atoms with E-state index in [0.717, 1.165) is 17.6 Å². The van der Waals surface area contributed by atoms with E-state index in [0.29, 0.717) is 12.3 Å². The second kappa shape index (κ2) is 7.72. The van der Waals surface area contributed by atoms with Crippen molar-refractivity contribution in [2.45, 2.75) is 26.3 Å². The van der Waals surface area contributed by atoms with Crippen LogP contribution in [-0.2, 0) is 14.8 Å². The highest BCUT2D eigenvalue weighted by atomic mass is 35.5. The zero-order chi connectivity index (χ0) is 14.6. The number of carbonyl (C=O) groups is 1. The summed E-state index contributed by atoms with van der Waals surface area (Å²) in [6.07, 6.45) is 1.56. The third kappa shape index (κ3) is 6.98. The number of hydrogen-bond donors (Lipinski definition) is 3. The molecule has 0 saturated heterocycles. The van der Waals surface area contributed by atoms with Crippen LogP contribution in [0.1, 0.15) is 20.3 Å². The molecule has 8 nitrogen and oxygen atoms in total. The molecule has 11 heteroatoms. The molecule has 1 rings (SSSR count). The normalized spacial score (nSPS) is 12.7. The summed E-state index contributed by atoms with van der Waals surface area (Å²) in [5, 5.41) is 10.0. The van der Waals surface area contributed by atoms with Crippen molar-refractivity contribution in [2.24, 2.45) is 11.7 Å². The topological polar surface area (TPSA) is 127 Å². The molecule has 20 heavy (non-hydrogen) atoms. The van der Waals surface area contributed by atoms with Crippen molar-refractivity contribution in [1.82, 2.24) is 10.2 Å². The number of amides is 1. The van der Waals surface area contributed by atoms with Crippen molar-refractivity contribution in [3.05, 3.63) is 0 Å². The largest absolute Gasteiger partial charge is 0.320 e. The zero-order valence-corrected chi connectivity index (χ0v) is 13.7. The predicted octanol–water partition coefficient (Wildman–Crippen LogP) is 0.643. The second-order valence-electron chi connectivity index (χ2n) is 4.51. The van der Waals surface area contributed by atoms with Crippen molar-refractivity contribution in [3.63, 3.8) is 0 Å². The van der Waals surface area contributed by atoms with Crippen molar-refractivity contribution in [1.29, 1.82) is 0 Å². The van der Waals surface area contributed by atoms with Gasteiger partial charge in [-0.3, -0.25) is 14.8 Å². The van der Waals surface area contributed by atoms with Crippen LogP contribution in [0.5, 0.6) is 0 Å². The maximum Gasteiger partial charge on any atom is 0.243 e. The molecule has 0 aliphatic carbocycles. The van der Waals surface area contributed by atoms with Crippen LogP contribution in [0.2, 0.25) is 0 Å². The number of hydrogen-bond acceptors (Lipinski definition) is 7. The van der Waals surface area contributed by atoms with Gasteiger partial charge in [0, 0.05) is 0 Å². The van der Waals surface area contributed by atoms with Crippen molar-refractivity contribution in [3.8, 4) is 0 Å². The minimum Gasteiger partial charge on any atom is -0.320 e. The van der Waals surface area contributed by atoms with Gasteiger partial charge < -0.3 is 5.73 Å². The van der Waals surface area contributed by atoms with Gasteiger partial charge in [0.25, 0.3) is 0 Å². The maximum atomic E-state index is 11.7. The van der Waals surface area contributed by atoms with E-state index in [1.807, 2.05) is 13.8 Å². The first-order valence-electron chi connectivity index (χ1n) is 5.55. The summed E-state index contributed by atoms with van der Waals surface area (Å²) in [4.78, 5) is 11.7. The Balaban J connectivity index is 0.00000361. The highest BCUT2D eigenvalue weighted by Crippen LogP contribution is 2.20. The molecule has 0 bridgehead atoms. The highest BCUT2D eigenvalue weighted by Gasteiger charge is 2.17. The van der Waals surface area contributed by atoms with E-state index in [-0.39, 0.29) is 28.6 Å². The molecule has 0 radical (unpaired) electrons. The van der Waals surface area contributed by atoms with Crippen molar-refractivity contribution in [2.75, 3.05) is 16.3 Å². The summed E-state index contributed by atoms with van der Waals surface area (Å²) >= 11 is 0.924. The van der Waals surface area contributed by atoms with Gasteiger partial charge in [-0.05, 0) is 12.3 Å². The van der Waals surface area contributed by atoms with Gasteiger partial charge in [0.05, 0.1) is 12.3 Å². The van der Waals surface area contributed by atoms with E-state index in [2.05, 4.69) is 20.2 Å². The van der Waals surface area contributed by atoms with E-state index < -0.39 is 16.1 Å². The molecule has 0 aromatic carbocycles.